The van der Waals surface area contributed by atoms with Gasteiger partial charge in [-0.2, -0.15) is 0 Å². The van der Waals surface area contributed by atoms with E-state index in [0.29, 0.717) is 5.75 Å². The molecule has 4 N–H and O–H groups in total. The average molecular weight is 341 g/mol. The number of pyridine rings is 1. The van der Waals surface area contributed by atoms with Gasteiger partial charge in [0.15, 0.2) is 11.6 Å². The Hall–Kier alpha value is -2.29. The molecular formula is C14H13F2N3O3S. The summed E-state index contributed by atoms with van der Waals surface area (Å²) in [6.45, 7) is 1.76. The largest absolute Gasteiger partial charge is 0.477 e. The molecule has 2 heterocycles. The molecule has 1 atom stereocenters. The van der Waals surface area contributed by atoms with E-state index in [9.17, 15) is 23.5 Å². The first-order valence-electron chi connectivity index (χ1n) is 6.73. The Kier molecular flexibility index (Phi) is 3.47. The van der Waals surface area contributed by atoms with E-state index in [0.717, 1.165) is 11.8 Å². The van der Waals surface area contributed by atoms with Crippen LogP contribution in [0.5, 0.6) is 0 Å². The van der Waals surface area contributed by atoms with E-state index in [2.05, 4.69) is 5.32 Å². The van der Waals surface area contributed by atoms with Crippen molar-refractivity contribution >= 4 is 40.0 Å². The number of nitrogens with one attached hydrogen (secondary N) is 1. The number of hydrogen-bond donors (Lipinski definition) is 3. The van der Waals surface area contributed by atoms with Gasteiger partial charge in [-0.1, -0.05) is 0 Å². The Morgan fingerprint density at radius 1 is 1.43 bits per heavy atom. The van der Waals surface area contributed by atoms with E-state index in [1.165, 1.54) is 11.6 Å². The molecule has 122 valence electrons. The van der Waals surface area contributed by atoms with Crippen LogP contribution in [0.4, 0.5) is 20.2 Å². The number of carbonyl (C=O) groups is 1. The lowest BCUT2D eigenvalue weighted by Crippen LogP contribution is -2.23. The zero-order valence-corrected chi connectivity index (χ0v) is 13.1. The minimum Gasteiger partial charge on any atom is -0.477 e. The van der Waals surface area contributed by atoms with Gasteiger partial charge in [0.2, 0.25) is 5.43 Å². The van der Waals surface area contributed by atoms with Crippen LogP contribution in [-0.4, -0.2) is 28.4 Å². The SMILES string of the molecule is CNc1c(F)c(N)c2c(=O)c(C(=O)O)c3n(c2c1F)[C@H](C)CS3. The van der Waals surface area contributed by atoms with Gasteiger partial charge in [0.05, 0.1) is 21.6 Å². The van der Waals surface area contributed by atoms with E-state index in [4.69, 9.17) is 5.73 Å². The van der Waals surface area contributed by atoms with Crippen molar-refractivity contribution in [3.05, 3.63) is 27.4 Å². The molecule has 0 spiro atoms. The van der Waals surface area contributed by atoms with Gasteiger partial charge >= 0.3 is 5.97 Å². The molecule has 23 heavy (non-hydrogen) atoms. The fraction of sp³-hybridized carbons (Fsp3) is 0.286. The van der Waals surface area contributed by atoms with E-state index in [1.807, 2.05) is 0 Å². The summed E-state index contributed by atoms with van der Waals surface area (Å²) in [4.78, 5) is 24.0. The Morgan fingerprint density at radius 2 is 2.09 bits per heavy atom. The van der Waals surface area contributed by atoms with Gasteiger partial charge in [-0.15, -0.1) is 11.8 Å². The van der Waals surface area contributed by atoms with Crippen molar-refractivity contribution in [3.63, 3.8) is 0 Å². The number of aromatic carboxylic acids is 1. The highest BCUT2D eigenvalue weighted by atomic mass is 32.2. The van der Waals surface area contributed by atoms with Crippen molar-refractivity contribution in [2.75, 3.05) is 23.9 Å². The lowest BCUT2D eigenvalue weighted by Gasteiger charge is -2.19. The number of halogens is 2. The zero-order valence-electron chi connectivity index (χ0n) is 12.2. The molecule has 0 amide bonds. The molecule has 0 unspecified atom stereocenters. The second-order valence-electron chi connectivity index (χ2n) is 5.23. The minimum atomic E-state index is -1.44. The number of thioether (sulfide) groups is 1. The molecule has 0 fully saturated rings. The van der Waals surface area contributed by atoms with Gasteiger partial charge in [0, 0.05) is 18.8 Å². The summed E-state index contributed by atoms with van der Waals surface area (Å²) < 4.78 is 30.4. The van der Waals surface area contributed by atoms with Crippen molar-refractivity contribution in [1.29, 1.82) is 0 Å². The molecule has 1 aromatic heterocycles. The van der Waals surface area contributed by atoms with Crippen molar-refractivity contribution in [2.24, 2.45) is 0 Å². The van der Waals surface area contributed by atoms with Crippen LogP contribution in [0.1, 0.15) is 23.3 Å². The Balaban J connectivity index is 2.67. The number of carboxylic acid groups (broad SMARTS) is 1. The molecule has 6 nitrogen and oxygen atoms in total. The molecule has 2 aromatic rings. The maximum Gasteiger partial charge on any atom is 0.342 e. The van der Waals surface area contributed by atoms with Crippen LogP contribution in [0.3, 0.4) is 0 Å². The average Bonchev–Trinajstić information content (AvgIpc) is 2.85. The number of fused-ring (bicyclic) bond motifs is 3. The van der Waals surface area contributed by atoms with Gasteiger partial charge in [0.1, 0.15) is 11.3 Å². The van der Waals surface area contributed by atoms with Crippen molar-refractivity contribution in [2.45, 2.75) is 18.0 Å². The summed E-state index contributed by atoms with van der Waals surface area (Å²) in [5.74, 6) is -3.03. The highest BCUT2D eigenvalue weighted by Gasteiger charge is 2.33. The second kappa shape index (κ2) is 5.12. The third kappa shape index (κ3) is 1.92. The van der Waals surface area contributed by atoms with Crippen molar-refractivity contribution in [1.82, 2.24) is 4.57 Å². The topological polar surface area (TPSA) is 97.3 Å². The molecule has 9 heteroatoms. The Bertz CT molecular complexity index is 926. The first-order valence-corrected chi connectivity index (χ1v) is 7.72. The van der Waals surface area contributed by atoms with Crippen LogP contribution in [0.25, 0.3) is 10.9 Å². The van der Waals surface area contributed by atoms with Crippen LogP contribution >= 0.6 is 11.8 Å². The number of nitrogens with zero attached hydrogens (tertiary/aromatic N) is 1. The summed E-state index contributed by atoms with van der Waals surface area (Å²) in [6, 6.07) is -0.264. The van der Waals surface area contributed by atoms with E-state index in [-0.39, 0.29) is 16.6 Å². The van der Waals surface area contributed by atoms with E-state index in [1.54, 1.807) is 6.92 Å². The second-order valence-corrected chi connectivity index (χ2v) is 6.24. The van der Waals surface area contributed by atoms with Gasteiger partial charge < -0.3 is 20.7 Å². The monoisotopic (exact) mass is 341 g/mol. The molecule has 1 aliphatic rings. The lowest BCUT2D eigenvalue weighted by molar-refractivity contribution is 0.0690. The van der Waals surface area contributed by atoms with Crippen LogP contribution < -0.4 is 16.5 Å². The Morgan fingerprint density at radius 3 is 2.65 bits per heavy atom. The fourth-order valence-electron chi connectivity index (χ4n) is 2.84. The van der Waals surface area contributed by atoms with Gasteiger partial charge in [-0.05, 0) is 6.92 Å². The van der Waals surface area contributed by atoms with Gasteiger partial charge in [-0.3, -0.25) is 4.79 Å². The zero-order chi connectivity index (χ0) is 17.0. The van der Waals surface area contributed by atoms with Gasteiger partial charge in [0.25, 0.3) is 0 Å². The van der Waals surface area contributed by atoms with Crippen LogP contribution in [-0.2, 0) is 0 Å². The molecule has 0 radical (unpaired) electrons. The Labute approximate surface area is 133 Å². The first kappa shape index (κ1) is 15.6. The number of hydrogen-bond acceptors (Lipinski definition) is 5. The van der Waals surface area contributed by atoms with Crippen molar-refractivity contribution < 1.29 is 18.7 Å². The maximum absolute atomic E-state index is 14.8. The van der Waals surface area contributed by atoms with E-state index >= 15 is 0 Å². The highest BCUT2D eigenvalue weighted by molar-refractivity contribution is 7.99. The summed E-state index contributed by atoms with van der Waals surface area (Å²) in [5.41, 5.74) is 3.02. The normalized spacial score (nSPS) is 16.6. The molecule has 3 rings (SSSR count). The molecular weight excluding hydrogens is 328 g/mol. The number of nitrogens with two attached hydrogens (primary N) is 1. The predicted molar refractivity (Wildman–Crippen MR) is 84.5 cm³/mol. The number of rotatable bonds is 2. The standard InChI is InChI=1S/C14H13F2N3O3S/c1-4-3-23-13-6(14(21)22)12(20)5-9(17)7(15)10(18-2)8(16)11(5)19(4)13/h4,18H,3,17H2,1-2H3,(H,21,22)/t4-/m1/s1. The molecule has 1 aromatic carbocycles. The maximum atomic E-state index is 14.8. The molecule has 0 bridgehead atoms. The van der Waals surface area contributed by atoms with Crippen molar-refractivity contribution in [3.8, 4) is 0 Å². The fourth-order valence-corrected chi connectivity index (χ4v) is 4.12. The molecule has 0 aliphatic carbocycles. The predicted octanol–water partition coefficient (Wildman–Crippen LogP) is 2.27. The summed E-state index contributed by atoms with van der Waals surface area (Å²) in [5, 5.41) is 11.5. The summed E-state index contributed by atoms with van der Waals surface area (Å²) in [7, 11) is 1.33. The van der Waals surface area contributed by atoms with Crippen LogP contribution in [0.2, 0.25) is 0 Å². The first-order chi connectivity index (χ1) is 10.8. The quantitative estimate of drug-likeness (QED) is 0.725. The van der Waals surface area contributed by atoms with Crippen LogP contribution in [0.15, 0.2) is 9.82 Å². The van der Waals surface area contributed by atoms with Gasteiger partial charge in [-0.25, -0.2) is 13.6 Å². The number of anilines is 2. The summed E-state index contributed by atoms with van der Waals surface area (Å²) in [6.07, 6.45) is 0. The molecule has 0 saturated heterocycles. The third-order valence-electron chi connectivity index (χ3n) is 3.88. The van der Waals surface area contributed by atoms with Crippen LogP contribution in [0, 0.1) is 11.6 Å². The smallest absolute Gasteiger partial charge is 0.342 e. The highest BCUT2D eigenvalue weighted by Crippen LogP contribution is 2.41. The number of carboxylic acids is 1. The summed E-state index contributed by atoms with van der Waals surface area (Å²) >= 11 is 1.15. The number of nitrogen functional groups attached to an aromatic ring is 1. The lowest BCUT2D eigenvalue weighted by atomic mass is 10.1. The number of aromatic nitrogens is 1. The minimum absolute atomic E-state index is 0.162. The number of benzene rings is 1. The molecule has 0 saturated carbocycles. The van der Waals surface area contributed by atoms with E-state index < -0.39 is 45.4 Å². The third-order valence-corrected chi connectivity index (χ3v) is 5.21. The molecule has 1 aliphatic heterocycles.